The van der Waals surface area contributed by atoms with Gasteiger partial charge in [0.15, 0.2) is 0 Å². The maximum absolute atomic E-state index is 13.4. The summed E-state index contributed by atoms with van der Waals surface area (Å²) in [5, 5.41) is 5.20. The Bertz CT molecular complexity index is 886. The van der Waals surface area contributed by atoms with Crippen LogP contribution < -0.4 is 10.6 Å². The summed E-state index contributed by atoms with van der Waals surface area (Å²) in [4.78, 5) is 24.3. The van der Waals surface area contributed by atoms with Gasteiger partial charge in [0.2, 0.25) is 10.0 Å². The SMILES string of the molecule is Cc1cc(F)ccc1S(=O)(=O)N1CCCO[C@@H]1CNC(=O)C(=O)NC1CCCCC1. The van der Waals surface area contributed by atoms with E-state index in [4.69, 9.17) is 4.74 Å². The number of hydrogen-bond donors (Lipinski definition) is 2. The van der Waals surface area contributed by atoms with Gasteiger partial charge in [0.25, 0.3) is 0 Å². The van der Waals surface area contributed by atoms with Gasteiger partial charge in [-0.3, -0.25) is 9.59 Å². The molecule has 166 valence electrons. The molecular formula is C20H28FN3O5S. The molecule has 1 heterocycles. The average molecular weight is 442 g/mol. The Hall–Kier alpha value is -2.04. The number of aryl methyl sites for hydroxylation is 1. The van der Waals surface area contributed by atoms with Crippen LogP contribution in [0.1, 0.15) is 44.1 Å². The van der Waals surface area contributed by atoms with Crippen LogP contribution in [0, 0.1) is 12.7 Å². The summed E-state index contributed by atoms with van der Waals surface area (Å²) in [7, 11) is -3.96. The number of benzene rings is 1. The molecule has 2 fully saturated rings. The number of amides is 2. The Morgan fingerprint density at radius 1 is 1.17 bits per heavy atom. The van der Waals surface area contributed by atoms with Gasteiger partial charge in [0.05, 0.1) is 18.0 Å². The number of nitrogens with zero attached hydrogens (tertiary/aromatic N) is 1. The van der Waals surface area contributed by atoms with Crippen LogP contribution in [-0.2, 0) is 24.3 Å². The average Bonchev–Trinajstić information content (AvgIpc) is 2.72. The zero-order valence-electron chi connectivity index (χ0n) is 17.0. The van der Waals surface area contributed by atoms with Crippen LogP contribution in [0.2, 0.25) is 0 Å². The summed E-state index contributed by atoms with van der Waals surface area (Å²) in [6.45, 7) is 1.90. The Labute approximate surface area is 176 Å². The summed E-state index contributed by atoms with van der Waals surface area (Å²) < 4.78 is 46.3. The number of hydrogen-bond acceptors (Lipinski definition) is 5. The molecule has 1 aromatic rings. The van der Waals surface area contributed by atoms with Crippen molar-refractivity contribution >= 4 is 21.8 Å². The third kappa shape index (κ3) is 5.35. The third-order valence-electron chi connectivity index (χ3n) is 5.46. The van der Waals surface area contributed by atoms with Crippen LogP contribution in [0.4, 0.5) is 4.39 Å². The van der Waals surface area contributed by atoms with Crippen LogP contribution >= 0.6 is 0 Å². The van der Waals surface area contributed by atoms with Crippen molar-refractivity contribution in [2.75, 3.05) is 19.7 Å². The van der Waals surface area contributed by atoms with Crippen LogP contribution in [0.25, 0.3) is 0 Å². The number of carbonyl (C=O) groups is 2. The van der Waals surface area contributed by atoms with E-state index in [1.54, 1.807) is 0 Å². The van der Waals surface area contributed by atoms with Gasteiger partial charge in [0.1, 0.15) is 12.0 Å². The van der Waals surface area contributed by atoms with Crippen molar-refractivity contribution in [1.82, 2.24) is 14.9 Å². The van der Waals surface area contributed by atoms with Crippen LogP contribution in [0.3, 0.4) is 0 Å². The normalized spacial score (nSPS) is 21.2. The van der Waals surface area contributed by atoms with E-state index in [9.17, 15) is 22.4 Å². The molecule has 0 bridgehead atoms. The van der Waals surface area contributed by atoms with Gasteiger partial charge >= 0.3 is 11.8 Å². The molecule has 1 saturated heterocycles. The maximum Gasteiger partial charge on any atom is 0.309 e. The van der Waals surface area contributed by atoms with E-state index in [-0.39, 0.29) is 29.6 Å². The highest BCUT2D eigenvalue weighted by Gasteiger charge is 2.36. The van der Waals surface area contributed by atoms with Crippen molar-refractivity contribution in [3.8, 4) is 0 Å². The van der Waals surface area contributed by atoms with Gasteiger partial charge in [-0.1, -0.05) is 19.3 Å². The summed E-state index contributed by atoms with van der Waals surface area (Å²) in [6, 6.07) is 3.48. The molecule has 2 amide bonds. The Morgan fingerprint density at radius 3 is 2.60 bits per heavy atom. The lowest BCUT2D eigenvalue weighted by molar-refractivity contribution is -0.140. The minimum atomic E-state index is -3.96. The van der Waals surface area contributed by atoms with Crippen molar-refractivity contribution in [2.24, 2.45) is 0 Å². The van der Waals surface area contributed by atoms with E-state index < -0.39 is 33.9 Å². The van der Waals surface area contributed by atoms with Crippen LogP contribution in [0.5, 0.6) is 0 Å². The lowest BCUT2D eigenvalue weighted by Gasteiger charge is -2.34. The lowest BCUT2D eigenvalue weighted by Crippen LogP contribution is -2.53. The van der Waals surface area contributed by atoms with Crippen molar-refractivity contribution < 1.29 is 27.1 Å². The summed E-state index contributed by atoms with van der Waals surface area (Å²) >= 11 is 0. The predicted molar refractivity (Wildman–Crippen MR) is 107 cm³/mol. The summed E-state index contributed by atoms with van der Waals surface area (Å²) in [6.07, 6.45) is 4.44. The van der Waals surface area contributed by atoms with Gasteiger partial charge in [-0.05, 0) is 49.9 Å². The molecule has 10 heteroatoms. The zero-order chi connectivity index (χ0) is 21.7. The van der Waals surface area contributed by atoms with Gasteiger partial charge in [-0.25, -0.2) is 12.8 Å². The predicted octanol–water partition coefficient (Wildman–Crippen LogP) is 1.44. The molecule has 1 aromatic carbocycles. The topological polar surface area (TPSA) is 105 Å². The largest absolute Gasteiger partial charge is 0.360 e. The van der Waals surface area contributed by atoms with Gasteiger partial charge in [-0.15, -0.1) is 0 Å². The molecule has 0 aromatic heterocycles. The second-order valence-electron chi connectivity index (χ2n) is 7.72. The molecule has 0 radical (unpaired) electrons. The van der Waals surface area contributed by atoms with Crippen molar-refractivity contribution in [3.05, 3.63) is 29.6 Å². The molecule has 2 aliphatic rings. The first kappa shape index (κ1) is 22.6. The number of rotatable bonds is 5. The second kappa shape index (κ2) is 9.84. The number of halogens is 1. The number of sulfonamides is 1. The Kier molecular flexibility index (Phi) is 7.43. The van der Waals surface area contributed by atoms with Crippen molar-refractivity contribution in [1.29, 1.82) is 0 Å². The monoisotopic (exact) mass is 441 g/mol. The summed E-state index contributed by atoms with van der Waals surface area (Å²) in [5.41, 5.74) is 0.287. The first-order valence-electron chi connectivity index (χ1n) is 10.3. The molecule has 1 atom stereocenters. The van der Waals surface area contributed by atoms with Crippen LogP contribution in [0.15, 0.2) is 23.1 Å². The molecule has 8 nitrogen and oxygen atoms in total. The fourth-order valence-electron chi connectivity index (χ4n) is 3.89. The Morgan fingerprint density at radius 2 is 1.90 bits per heavy atom. The standard InChI is InChI=1S/C20H28FN3O5S/c1-14-12-15(21)8-9-17(14)30(27,28)24-10-5-11-29-18(24)13-22-19(25)20(26)23-16-6-3-2-4-7-16/h8-9,12,16,18H,2-7,10-11,13H2,1H3,(H,22,25)(H,23,26)/t18-/m1/s1. The van der Waals surface area contributed by atoms with Gasteiger partial charge in [0, 0.05) is 12.6 Å². The van der Waals surface area contributed by atoms with E-state index in [2.05, 4.69) is 10.6 Å². The molecule has 0 spiro atoms. The highest BCUT2D eigenvalue weighted by Crippen LogP contribution is 2.25. The number of nitrogens with one attached hydrogen (secondary N) is 2. The lowest BCUT2D eigenvalue weighted by atomic mass is 9.95. The van der Waals surface area contributed by atoms with E-state index in [1.807, 2.05) is 0 Å². The molecule has 1 saturated carbocycles. The maximum atomic E-state index is 13.4. The third-order valence-corrected chi connectivity index (χ3v) is 7.51. The van der Waals surface area contributed by atoms with E-state index in [1.165, 1.54) is 13.0 Å². The first-order chi connectivity index (χ1) is 14.3. The molecule has 30 heavy (non-hydrogen) atoms. The zero-order valence-corrected chi connectivity index (χ0v) is 17.8. The van der Waals surface area contributed by atoms with Crippen LogP contribution in [-0.4, -0.2) is 56.5 Å². The fourth-order valence-corrected chi connectivity index (χ4v) is 5.66. The molecule has 0 unspecified atom stereocenters. The van der Waals surface area contributed by atoms with Crippen molar-refractivity contribution in [3.63, 3.8) is 0 Å². The first-order valence-corrected chi connectivity index (χ1v) is 11.7. The molecule has 2 N–H and O–H groups in total. The van der Waals surface area contributed by atoms with E-state index >= 15 is 0 Å². The Balaban J connectivity index is 1.64. The van der Waals surface area contributed by atoms with Gasteiger partial charge < -0.3 is 15.4 Å². The smallest absolute Gasteiger partial charge is 0.309 e. The van der Waals surface area contributed by atoms with E-state index in [0.717, 1.165) is 48.5 Å². The fraction of sp³-hybridized carbons (Fsp3) is 0.600. The molecule has 3 rings (SSSR count). The van der Waals surface area contributed by atoms with Gasteiger partial charge in [-0.2, -0.15) is 4.31 Å². The second-order valence-corrected chi connectivity index (χ2v) is 9.58. The number of ether oxygens (including phenoxy) is 1. The molecular weight excluding hydrogens is 413 g/mol. The minimum absolute atomic E-state index is 0.00116. The number of carbonyl (C=O) groups excluding carboxylic acids is 2. The summed E-state index contributed by atoms with van der Waals surface area (Å²) in [5.74, 6) is -2.05. The quantitative estimate of drug-likeness (QED) is 0.673. The molecule has 1 aliphatic carbocycles. The molecule has 1 aliphatic heterocycles. The van der Waals surface area contributed by atoms with Crippen molar-refractivity contribution in [2.45, 2.75) is 62.6 Å². The van der Waals surface area contributed by atoms with E-state index in [0.29, 0.717) is 13.0 Å². The highest BCUT2D eigenvalue weighted by atomic mass is 32.2. The minimum Gasteiger partial charge on any atom is -0.360 e. The highest BCUT2D eigenvalue weighted by molar-refractivity contribution is 7.89.